The van der Waals surface area contributed by atoms with Crippen LogP contribution in [0.2, 0.25) is 0 Å². The van der Waals surface area contributed by atoms with E-state index in [1.807, 2.05) is 20.0 Å². The number of hydrogen-bond acceptors (Lipinski definition) is 3. The Bertz CT molecular complexity index is 346. The Kier molecular flexibility index (Phi) is 5.69. The van der Waals surface area contributed by atoms with Crippen LogP contribution in [0.3, 0.4) is 0 Å². The lowest BCUT2D eigenvalue weighted by molar-refractivity contribution is -0.123. The molecule has 0 spiro atoms. The van der Waals surface area contributed by atoms with E-state index in [9.17, 15) is 4.79 Å². The van der Waals surface area contributed by atoms with Gasteiger partial charge in [0.1, 0.15) is 5.82 Å². The van der Waals surface area contributed by atoms with Gasteiger partial charge in [0.25, 0.3) is 0 Å². The van der Waals surface area contributed by atoms with Gasteiger partial charge in [0, 0.05) is 37.9 Å². The second-order valence-electron chi connectivity index (χ2n) is 4.25. The number of aryl methyl sites for hydroxylation is 1. The maximum atomic E-state index is 11.3. The molecule has 0 saturated carbocycles. The number of carbonyl (C=O) groups is 1. The Hall–Kier alpha value is -1.36. The third-order valence-corrected chi connectivity index (χ3v) is 2.55. The van der Waals surface area contributed by atoms with Crippen LogP contribution in [0.15, 0.2) is 12.4 Å². The molecule has 0 aliphatic carbocycles. The van der Waals surface area contributed by atoms with E-state index in [-0.39, 0.29) is 11.8 Å². The predicted octanol–water partition coefficient (Wildman–Crippen LogP) is 0.765. The molecule has 17 heavy (non-hydrogen) atoms. The first-order valence-corrected chi connectivity index (χ1v) is 6.13. The number of hydrogen-bond donors (Lipinski definition) is 2. The van der Waals surface area contributed by atoms with Crippen LogP contribution < -0.4 is 10.6 Å². The van der Waals surface area contributed by atoms with Gasteiger partial charge in [0.05, 0.1) is 6.54 Å². The lowest BCUT2D eigenvalue weighted by Crippen LogP contribution is -2.34. The summed E-state index contributed by atoms with van der Waals surface area (Å²) >= 11 is 0. The minimum atomic E-state index is 0.0500. The van der Waals surface area contributed by atoms with Gasteiger partial charge >= 0.3 is 0 Å². The highest BCUT2D eigenvalue weighted by Crippen LogP contribution is 1.96. The number of imidazole rings is 1. The van der Waals surface area contributed by atoms with E-state index in [1.165, 1.54) is 0 Å². The molecule has 0 aromatic carbocycles. The molecule has 96 valence electrons. The van der Waals surface area contributed by atoms with Crippen molar-refractivity contribution in [3.05, 3.63) is 18.2 Å². The van der Waals surface area contributed by atoms with Crippen molar-refractivity contribution in [1.82, 2.24) is 20.2 Å². The number of carbonyl (C=O) groups excluding carboxylic acids is 1. The molecular weight excluding hydrogens is 216 g/mol. The second kappa shape index (κ2) is 7.06. The summed E-state index contributed by atoms with van der Waals surface area (Å²) < 4.78 is 2.10. The smallest absolute Gasteiger partial charge is 0.222 e. The van der Waals surface area contributed by atoms with Gasteiger partial charge in [-0.3, -0.25) is 4.79 Å². The average molecular weight is 238 g/mol. The summed E-state index contributed by atoms with van der Waals surface area (Å²) in [6, 6.07) is 0. The maximum Gasteiger partial charge on any atom is 0.222 e. The molecular formula is C12H22N4O. The minimum absolute atomic E-state index is 0.0500. The fourth-order valence-corrected chi connectivity index (χ4v) is 1.47. The van der Waals surface area contributed by atoms with Gasteiger partial charge in [-0.25, -0.2) is 4.98 Å². The zero-order valence-corrected chi connectivity index (χ0v) is 10.9. The summed E-state index contributed by atoms with van der Waals surface area (Å²) in [7, 11) is 0. The number of amides is 1. The molecule has 5 nitrogen and oxygen atoms in total. The van der Waals surface area contributed by atoms with Crippen molar-refractivity contribution in [2.24, 2.45) is 5.92 Å². The van der Waals surface area contributed by atoms with E-state index in [4.69, 9.17) is 0 Å². The van der Waals surface area contributed by atoms with E-state index in [1.54, 1.807) is 6.20 Å². The minimum Gasteiger partial charge on any atom is -0.355 e. The molecule has 1 rings (SSSR count). The number of rotatable bonds is 7. The van der Waals surface area contributed by atoms with E-state index >= 15 is 0 Å². The highest BCUT2D eigenvalue weighted by Gasteiger charge is 2.05. The molecule has 1 aromatic heterocycles. The van der Waals surface area contributed by atoms with Crippen LogP contribution >= 0.6 is 0 Å². The van der Waals surface area contributed by atoms with Crippen molar-refractivity contribution in [3.63, 3.8) is 0 Å². The summed E-state index contributed by atoms with van der Waals surface area (Å²) in [6.07, 6.45) is 3.78. The van der Waals surface area contributed by atoms with Gasteiger partial charge in [-0.15, -0.1) is 0 Å². The molecule has 1 aromatic rings. The SMILES string of the molecule is CCn1ccnc1CNCCNC(=O)C(C)C. The Labute approximate surface area is 103 Å². The molecule has 0 bridgehead atoms. The topological polar surface area (TPSA) is 59.0 Å². The van der Waals surface area contributed by atoms with Gasteiger partial charge in [0.2, 0.25) is 5.91 Å². The van der Waals surface area contributed by atoms with Crippen molar-refractivity contribution in [2.45, 2.75) is 33.9 Å². The summed E-state index contributed by atoms with van der Waals surface area (Å²) in [5.74, 6) is 1.18. The maximum absolute atomic E-state index is 11.3. The lowest BCUT2D eigenvalue weighted by Gasteiger charge is -2.09. The fraction of sp³-hybridized carbons (Fsp3) is 0.667. The van der Waals surface area contributed by atoms with Gasteiger partial charge in [-0.1, -0.05) is 13.8 Å². The summed E-state index contributed by atoms with van der Waals surface area (Å²) in [5, 5.41) is 6.12. The van der Waals surface area contributed by atoms with E-state index in [0.29, 0.717) is 6.54 Å². The van der Waals surface area contributed by atoms with Crippen molar-refractivity contribution < 1.29 is 4.79 Å². The van der Waals surface area contributed by atoms with Crippen LogP contribution in [0.1, 0.15) is 26.6 Å². The Morgan fingerprint density at radius 2 is 2.24 bits per heavy atom. The zero-order valence-electron chi connectivity index (χ0n) is 10.9. The molecule has 0 aliphatic rings. The highest BCUT2D eigenvalue weighted by molar-refractivity contribution is 5.77. The predicted molar refractivity (Wildman–Crippen MR) is 67.5 cm³/mol. The zero-order chi connectivity index (χ0) is 12.7. The van der Waals surface area contributed by atoms with Gasteiger partial charge in [-0.05, 0) is 6.92 Å². The number of nitrogens with zero attached hydrogens (tertiary/aromatic N) is 2. The first-order chi connectivity index (χ1) is 8.15. The van der Waals surface area contributed by atoms with Crippen LogP contribution in [0, 0.1) is 5.92 Å². The quantitative estimate of drug-likeness (QED) is 0.690. The van der Waals surface area contributed by atoms with Crippen LogP contribution in [0.25, 0.3) is 0 Å². The van der Waals surface area contributed by atoms with E-state index in [0.717, 1.165) is 25.5 Å². The number of aromatic nitrogens is 2. The fourth-order valence-electron chi connectivity index (χ4n) is 1.47. The summed E-state index contributed by atoms with van der Waals surface area (Å²) in [6.45, 7) is 8.95. The molecule has 2 N–H and O–H groups in total. The van der Waals surface area contributed by atoms with Gasteiger partial charge in [-0.2, -0.15) is 0 Å². The number of nitrogens with one attached hydrogen (secondary N) is 2. The molecule has 5 heteroatoms. The first-order valence-electron chi connectivity index (χ1n) is 6.13. The van der Waals surface area contributed by atoms with Crippen LogP contribution in [0.5, 0.6) is 0 Å². The van der Waals surface area contributed by atoms with Gasteiger partial charge in [0.15, 0.2) is 0 Å². The Balaban J connectivity index is 2.14. The Morgan fingerprint density at radius 1 is 1.47 bits per heavy atom. The van der Waals surface area contributed by atoms with Crippen LogP contribution in [0.4, 0.5) is 0 Å². The third kappa shape index (κ3) is 4.56. The third-order valence-electron chi connectivity index (χ3n) is 2.55. The molecule has 0 unspecified atom stereocenters. The van der Waals surface area contributed by atoms with Crippen LogP contribution in [-0.2, 0) is 17.9 Å². The standard InChI is InChI=1S/C12H22N4O/c1-4-16-8-7-14-11(16)9-13-5-6-15-12(17)10(2)3/h7-8,10,13H,4-6,9H2,1-3H3,(H,15,17). The molecule has 1 amide bonds. The first kappa shape index (κ1) is 13.7. The highest BCUT2D eigenvalue weighted by atomic mass is 16.1. The molecule has 0 atom stereocenters. The Morgan fingerprint density at radius 3 is 2.88 bits per heavy atom. The largest absolute Gasteiger partial charge is 0.355 e. The van der Waals surface area contributed by atoms with Crippen molar-refractivity contribution >= 4 is 5.91 Å². The molecule has 0 radical (unpaired) electrons. The monoisotopic (exact) mass is 238 g/mol. The lowest BCUT2D eigenvalue weighted by atomic mass is 10.2. The van der Waals surface area contributed by atoms with Crippen molar-refractivity contribution in [3.8, 4) is 0 Å². The van der Waals surface area contributed by atoms with Gasteiger partial charge < -0.3 is 15.2 Å². The summed E-state index contributed by atoms with van der Waals surface area (Å²) in [5.41, 5.74) is 0. The average Bonchev–Trinajstić information content (AvgIpc) is 2.75. The molecule has 0 fully saturated rings. The van der Waals surface area contributed by atoms with Crippen LogP contribution in [-0.4, -0.2) is 28.5 Å². The van der Waals surface area contributed by atoms with Crippen molar-refractivity contribution in [1.29, 1.82) is 0 Å². The summed E-state index contributed by atoms with van der Waals surface area (Å²) in [4.78, 5) is 15.5. The van der Waals surface area contributed by atoms with Crippen molar-refractivity contribution in [2.75, 3.05) is 13.1 Å². The second-order valence-corrected chi connectivity index (χ2v) is 4.25. The van der Waals surface area contributed by atoms with E-state index < -0.39 is 0 Å². The van der Waals surface area contributed by atoms with E-state index in [2.05, 4.69) is 27.1 Å². The molecule has 1 heterocycles. The molecule has 0 aliphatic heterocycles. The molecule has 0 saturated heterocycles. The normalized spacial score (nSPS) is 10.8.